The standard InChI is InChI=1S/C16H17N3O2/c1-11-6-13(10-18-8-11)16(20)19-14-2-3-15-12(7-14)9-17-4-5-21-15/h2-3,6-8,10,17H,4-5,9H2,1H3,(H,19,20). The Balaban J connectivity index is 1.79. The molecule has 0 saturated heterocycles. The first-order valence-electron chi connectivity index (χ1n) is 6.92. The first kappa shape index (κ1) is 13.6. The highest BCUT2D eigenvalue weighted by Crippen LogP contribution is 2.24. The van der Waals surface area contributed by atoms with E-state index in [2.05, 4.69) is 15.6 Å². The summed E-state index contributed by atoms with van der Waals surface area (Å²) in [4.78, 5) is 16.2. The molecule has 1 aromatic heterocycles. The van der Waals surface area contributed by atoms with E-state index in [0.717, 1.165) is 35.7 Å². The summed E-state index contributed by atoms with van der Waals surface area (Å²) in [7, 11) is 0. The first-order chi connectivity index (χ1) is 10.2. The van der Waals surface area contributed by atoms with Crippen molar-refractivity contribution in [3.63, 3.8) is 0 Å². The van der Waals surface area contributed by atoms with E-state index in [1.807, 2.05) is 31.2 Å². The van der Waals surface area contributed by atoms with Crippen molar-refractivity contribution in [1.82, 2.24) is 10.3 Å². The van der Waals surface area contributed by atoms with E-state index in [1.54, 1.807) is 12.4 Å². The number of carbonyl (C=O) groups excluding carboxylic acids is 1. The summed E-state index contributed by atoms with van der Waals surface area (Å²) in [6.45, 7) is 4.14. The van der Waals surface area contributed by atoms with Gasteiger partial charge < -0.3 is 15.4 Å². The van der Waals surface area contributed by atoms with Crippen molar-refractivity contribution in [1.29, 1.82) is 0 Å². The van der Waals surface area contributed by atoms with Crippen LogP contribution in [0.2, 0.25) is 0 Å². The van der Waals surface area contributed by atoms with Crippen LogP contribution in [-0.4, -0.2) is 24.0 Å². The van der Waals surface area contributed by atoms with E-state index in [9.17, 15) is 4.79 Å². The molecule has 108 valence electrons. The number of aryl methyl sites for hydroxylation is 1. The molecule has 1 aromatic carbocycles. The van der Waals surface area contributed by atoms with Crippen molar-refractivity contribution < 1.29 is 9.53 Å². The van der Waals surface area contributed by atoms with E-state index >= 15 is 0 Å². The van der Waals surface area contributed by atoms with Crippen molar-refractivity contribution in [3.05, 3.63) is 53.3 Å². The number of nitrogens with one attached hydrogen (secondary N) is 2. The molecule has 0 saturated carbocycles. The Morgan fingerprint density at radius 3 is 3.10 bits per heavy atom. The number of aromatic nitrogens is 1. The molecule has 1 aliphatic heterocycles. The maximum atomic E-state index is 12.2. The Kier molecular flexibility index (Phi) is 3.83. The number of benzene rings is 1. The van der Waals surface area contributed by atoms with Gasteiger partial charge in [0.05, 0.1) is 5.56 Å². The maximum Gasteiger partial charge on any atom is 0.257 e. The van der Waals surface area contributed by atoms with E-state index in [-0.39, 0.29) is 5.91 Å². The van der Waals surface area contributed by atoms with Gasteiger partial charge in [0.2, 0.25) is 0 Å². The molecule has 0 unspecified atom stereocenters. The summed E-state index contributed by atoms with van der Waals surface area (Å²) >= 11 is 0. The first-order valence-corrected chi connectivity index (χ1v) is 6.92. The lowest BCUT2D eigenvalue weighted by atomic mass is 10.1. The minimum Gasteiger partial charge on any atom is -0.492 e. The second-order valence-corrected chi connectivity index (χ2v) is 5.05. The average Bonchev–Trinajstić information content (AvgIpc) is 2.72. The van der Waals surface area contributed by atoms with Crippen LogP contribution >= 0.6 is 0 Å². The Bertz CT molecular complexity index is 670. The molecule has 0 aliphatic carbocycles. The number of carbonyl (C=O) groups is 1. The lowest BCUT2D eigenvalue weighted by molar-refractivity contribution is 0.102. The van der Waals surface area contributed by atoms with E-state index in [1.165, 1.54) is 0 Å². The zero-order valence-corrected chi connectivity index (χ0v) is 11.8. The smallest absolute Gasteiger partial charge is 0.257 e. The summed E-state index contributed by atoms with van der Waals surface area (Å²) in [6, 6.07) is 7.50. The van der Waals surface area contributed by atoms with Crippen LogP contribution in [0.1, 0.15) is 21.5 Å². The van der Waals surface area contributed by atoms with Gasteiger partial charge in [-0.25, -0.2) is 0 Å². The number of hydrogen-bond acceptors (Lipinski definition) is 4. The number of hydrogen-bond donors (Lipinski definition) is 2. The lowest BCUT2D eigenvalue weighted by Gasteiger charge is -2.10. The fraction of sp³-hybridized carbons (Fsp3) is 0.250. The number of rotatable bonds is 2. The SMILES string of the molecule is Cc1cncc(C(=O)Nc2ccc3c(c2)CNCCO3)c1. The summed E-state index contributed by atoms with van der Waals surface area (Å²) < 4.78 is 5.62. The molecule has 3 rings (SSSR count). The molecule has 0 spiro atoms. The Hall–Kier alpha value is -2.40. The zero-order valence-electron chi connectivity index (χ0n) is 11.8. The topological polar surface area (TPSA) is 63.2 Å². The molecule has 5 nitrogen and oxygen atoms in total. The summed E-state index contributed by atoms with van der Waals surface area (Å²) in [6.07, 6.45) is 3.29. The van der Waals surface area contributed by atoms with Crippen LogP contribution in [0.15, 0.2) is 36.7 Å². The Morgan fingerprint density at radius 1 is 1.33 bits per heavy atom. The predicted molar refractivity (Wildman–Crippen MR) is 80.6 cm³/mol. The van der Waals surface area contributed by atoms with Gasteiger partial charge in [-0.2, -0.15) is 0 Å². The highest BCUT2D eigenvalue weighted by atomic mass is 16.5. The zero-order chi connectivity index (χ0) is 14.7. The molecule has 0 bridgehead atoms. The van der Waals surface area contributed by atoms with Crippen molar-refractivity contribution in [2.75, 3.05) is 18.5 Å². The van der Waals surface area contributed by atoms with Gasteiger partial charge in [-0.1, -0.05) is 0 Å². The van der Waals surface area contributed by atoms with Gasteiger partial charge in [0.25, 0.3) is 5.91 Å². The molecule has 5 heteroatoms. The number of nitrogens with zero attached hydrogens (tertiary/aromatic N) is 1. The van der Waals surface area contributed by atoms with E-state index in [0.29, 0.717) is 12.2 Å². The van der Waals surface area contributed by atoms with Gasteiger partial charge >= 0.3 is 0 Å². The number of amides is 1. The van der Waals surface area contributed by atoms with Gasteiger partial charge in [-0.3, -0.25) is 9.78 Å². The van der Waals surface area contributed by atoms with Crippen LogP contribution in [0.4, 0.5) is 5.69 Å². The van der Waals surface area contributed by atoms with Crippen LogP contribution in [0, 0.1) is 6.92 Å². The summed E-state index contributed by atoms with van der Waals surface area (Å²) in [5.74, 6) is 0.712. The van der Waals surface area contributed by atoms with E-state index < -0.39 is 0 Å². The monoisotopic (exact) mass is 283 g/mol. The molecule has 2 aromatic rings. The number of fused-ring (bicyclic) bond motifs is 1. The van der Waals surface area contributed by atoms with Crippen LogP contribution in [-0.2, 0) is 6.54 Å². The molecule has 21 heavy (non-hydrogen) atoms. The van der Waals surface area contributed by atoms with Crippen molar-refractivity contribution >= 4 is 11.6 Å². The fourth-order valence-corrected chi connectivity index (χ4v) is 2.27. The van der Waals surface area contributed by atoms with Gasteiger partial charge in [-0.15, -0.1) is 0 Å². The lowest BCUT2D eigenvalue weighted by Crippen LogP contribution is -2.16. The third kappa shape index (κ3) is 3.20. The maximum absolute atomic E-state index is 12.2. The molecular weight excluding hydrogens is 266 g/mol. The number of pyridine rings is 1. The van der Waals surface area contributed by atoms with Crippen LogP contribution in [0.25, 0.3) is 0 Å². The molecule has 1 aliphatic rings. The normalized spacial score (nSPS) is 13.8. The second-order valence-electron chi connectivity index (χ2n) is 5.05. The Labute approximate surface area is 123 Å². The predicted octanol–water partition coefficient (Wildman–Crippen LogP) is 2.12. The third-order valence-corrected chi connectivity index (χ3v) is 3.31. The highest BCUT2D eigenvalue weighted by molar-refractivity contribution is 6.04. The second kappa shape index (κ2) is 5.93. The highest BCUT2D eigenvalue weighted by Gasteiger charge is 2.11. The van der Waals surface area contributed by atoms with Crippen LogP contribution < -0.4 is 15.4 Å². The largest absolute Gasteiger partial charge is 0.492 e. The van der Waals surface area contributed by atoms with Crippen LogP contribution in [0.3, 0.4) is 0 Å². The van der Waals surface area contributed by atoms with Crippen molar-refractivity contribution in [2.24, 2.45) is 0 Å². The van der Waals surface area contributed by atoms with Gasteiger partial charge in [0.1, 0.15) is 12.4 Å². The molecule has 0 atom stereocenters. The molecule has 2 heterocycles. The fourth-order valence-electron chi connectivity index (χ4n) is 2.27. The van der Waals surface area contributed by atoms with E-state index in [4.69, 9.17) is 4.74 Å². The van der Waals surface area contributed by atoms with Crippen molar-refractivity contribution in [3.8, 4) is 5.75 Å². The van der Waals surface area contributed by atoms with Gasteiger partial charge in [0, 0.05) is 36.7 Å². The molecule has 1 amide bonds. The number of ether oxygens (including phenoxy) is 1. The summed E-state index contributed by atoms with van der Waals surface area (Å²) in [5, 5.41) is 6.17. The molecule has 2 N–H and O–H groups in total. The minimum atomic E-state index is -0.159. The third-order valence-electron chi connectivity index (χ3n) is 3.31. The van der Waals surface area contributed by atoms with Gasteiger partial charge in [-0.05, 0) is 36.8 Å². The minimum absolute atomic E-state index is 0.159. The van der Waals surface area contributed by atoms with Crippen molar-refractivity contribution in [2.45, 2.75) is 13.5 Å². The number of anilines is 1. The average molecular weight is 283 g/mol. The molecule has 0 radical (unpaired) electrons. The quantitative estimate of drug-likeness (QED) is 0.886. The molecular formula is C16H17N3O2. The summed E-state index contributed by atoms with van der Waals surface area (Å²) in [5.41, 5.74) is 3.32. The van der Waals surface area contributed by atoms with Crippen LogP contribution in [0.5, 0.6) is 5.75 Å². The van der Waals surface area contributed by atoms with Gasteiger partial charge in [0.15, 0.2) is 0 Å². The Morgan fingerprint density at radius 2 is 2.24 bits per heavy atom. The molecule has 0 fully saturated rings.